The zero-order valence-corrected chi connectivity index (χ0v) is 14.4. The van der Waals surface area contributed by atoms with Crippen molar-refractivity contribution in [3.63, 3.8) is 0 Å². The molecule has 1 aromatic carbocycles. The van der Waals surface area contributed by atoms with E-state index in [-0.39, 0.29) is 11.6 Å². The quantitative estimate of drug-likeness (QED) is 0.709. The van der Waals surface area contributed by atoms with E-state index in [1.54, 1.807) is 7.11 Å². The summed E-state index contributed by atoms with van der Waals surface area (Å²) in [6.07, 6.45) is 3.26. The third-order valence-electron chi connectivity index (χ3n) is 4.34. The number of hydrogen-bond donors (Lipinski definition) is 0. The zero-order valence-electron chi connectivity index (χ0n) is 12.9. The number of ether oxygens (including phenoxy) is 1. The first-order chi connectivity index (χ1) is 10.5. The molecule has 1 saturated carbocycles. The van der Waals surface area contributed by atoms with Crippen molar-refractivity contribution in [1.29, 1.82) is 0 Å². The molecule has 1 aromatic rings. The average molecular weight is 365 g/mol. The molecular weight excluding hydrogens is 344 g/mol. The number of methoxy groups -OCH3 is 1. The molecule has 0 aliphatic heterocycles. The Balaban J connectivity index is 2.21. The van der Waals surface area contributed by atoms with Crippen molar-refractivity contribution in [2.75, 3.05) is 7.11 Å². The van der Waals surface area contributed by atoms with Crippen LogP contribution in [0.15, 0.2) is 35.3 Å². The van der Waals surface area contributed by atoms with Crippen molar-refractivity contribution >= 4 is 27.5 Å². The van der Waals surface area contributed by atoms with Gasteiger partial charge in [0.15, 0.2) is 0 Å². The van der Waals surface area contributed by atoms with Gasteiger partial charge in [-0.15, -0.1) is 0 Å². The van der Waals surface area contributed by atoms with E-state index in [2.05, 4.69) is 22.5 Å². The summed E-state index contributed by atoms with van der Waals surface area (Å²) in [5.74, 6) is 0.914. The lowest BCUT2D eigenvalue weighted by atomic mass is 9.67. The summed E-state index contributed by atoms with van der Waals surface area (Å²) in [7, 11) is 1.63. The molecule has 0 bridgehead atoms. The van der Waals surface area contributed by atoms with Gasteiger partial charge in [-0.2, -0.15) is 0 Å². The lowest BCUT2D eigenvalue weighted by molar-refractivity contribution is -0.144. The van der Waals surface area contributed by atoms with Gasteiger partial charge in [-0.1, -0.05) is 34.6 Å². The van der Waals surface area contributed by atoms with Crippen molar-refractivity contribution < 1.29 is 14.3 Å². The fourth-order valence-corrected chi connectivity index (χ4v) is 3.60. The van der Waals surface area contributed by atoms with E-state index in [0.717, 1.165) is 11.3 Å². The molecule has 0 N–H and O–H groups in total. The molecule has 0 amide bonds. The van der Waals surface area contributed by atoms with E-state index in [1.165, 1.54) is 0 Å². The number of benzene rings is 1. The molecule has 0 radical (unpaired) electrons. The topological polar surface area (TPSA) is 43.4 Å². The average Bonchev–Trinajstić information content (AvgIpc) is 2.49. The number of rotatable bonds is 6. The van der Waals surface area contributed by atoms with Gasteiger partial charge in [-0.05, 0) is 47.9 Å². The number of ketones is 2. The van der Waals surface area contributed by atoms with Crippen LogP contribution in [0.1, 0.15) is 37.7 Å². The van der Waals surface area contributed by atoms with Gasteiger partial charge >= 0.3 is 0 Å². The Morgan fingerprint density at radius 1 is 1.32 bits per heavy atom. The molecule has 1 aliphatic carbocycles. The second-order valence-corrected chi connectivity index (χ2v) is 6.95. The van der Waals surface area contributed by atoms with Gasteiger partial charge in [0, 0.05) is 12.8 Å². The number of hydrogen-bond acceptors (Lipinski definition) is 3. The predicted octanol–water partition coefficient (Wildman–Crippen LogP) is 4.24. The van der Waals surface area contributed by atoms with E-state index in [0.29, 0.717) is 43.0 Å². The van der Waals surface area contributed by atoms with Crippen molar-refractivity contribution in [1.82, 2.24) is 0 Å². The molecule has 1 aliphatic rings. The summed E-state index contributed by atoms with van der Waals surface area (Å²) < 4.78 is 5.93. The van der Waals surface area contributed by atoms with Crippen LogP contribution in [-0.2, 0) is 16.0 Å². The first-order valence-electron chi connectivity index (χ1n) is 7.51. The summed E-state index contributed by atoms with van der Waals surface area (Å²) in [5, 5.41) is 0. The van der Waals surface area contributed by atoms with Crippen molar-refractivity contribution in [3.8, 4) is 5.75 Å². The minimum atomic E-state index is -0.901. The Morgan fingerprint density at radius 2 is 2.00 bits per heavy atom. The number of halogens is 1. The molecule has 3 nitrogen and oxygen atoms in total. The standard InChI is InChI=1S/C18H21BrO3/c1-13(19)12-18(16(20)7-4-8-17(18)21)10-9-14-5-3-6-15(11-14)22-2/h3,5-6,11H,1,4,7-10,12H2,2H3. The predicted molar refractivity (Wildman–Crippen MR) is 90.3 cm³/mol. The molecule has 118 valence electrons. The Labute approximate surface area is 139 Å². The SMILES string of the molecule is C=C(Br)CC1(CCc2cccc(OC)c2)C(=O)CCCC1=O. The summed E-state index contributed by atoms with van der Waals surface area (Å²) in [6, 6.07) is 7.76. The molecule has 1 fully saturated rings. The Morgan fingerprint density at radius 3 is 2.59 bits per heavy atom. The number of carbonyl (C=O) groups is 2. The lowest BCUT2D eigenvalue weighted by Gasteiger charge is -2.34. The van der Waals surface area contributed by atoms with E-state index in [9.17, 15) is 9.59 Å². The third kappa shape index (κ3) is 3.67. The normalized spacial score (nSPS) is 17.4. The summed E-state index contributed by atoms with van der Waals surface area (Å²) >= 11 is 3.33. The number of aryl methyl sites for hydroxylation is 1. The monoisotopic (exact) mass is 364 g/mol. The van der Waals surface area contributed by atoms with Crippen LogP contribution in [0.25, 0.3) is 0 Å². The van der Waals surface area contributed by atoms with E-state index >= 15 is 0 Å². The zero-order chi connectivity index (χ0) is 16.2. The summed E-state index contributed by atoms with van der Waals surface area (Å²) in [4.78, 5) is 25.0. The van der Waals surface area contributed by atoms with Gasteiger partial charge in [-0.25, -0.2) is 0 Å². The molecule has 0 unspecified atom stereocenters. The lowest BCUT2D eigenvalue weighted by Crippen LogP contribution is -2.43. The molecule has 0 heterocycles. The van der Waals surface area contributed by atoms with Gasteiger partial charge in [0.1, 0.15) is 17.3 Å². The van der Waals surface area contributed by atoms with Gasteiger partial charge in [0.2, 0.25) is 0 Å². The molecule has 0 aromatic heterocycles. The molecule has 0 atom stereocenters. The molecule has 0 saturated heterocycles. The van der Waals surface area contributed by atoms with Crippen LogP contribution in [0, 0.1) is 5.41 Å². The van der Waals surface area contributed by atoms with Crippen molar-refractivity contribution in [2.45, 2.75) is 38.5 Å². The fraction of sp³-hybridized carbons (Fsp3) is 0.444. The molecule has 22 heavy (non-hydrogen) atoms. The van der Waals surface area contributed by atoms with Crippen LogP contribution in [0.2, 0.25) is 0 Å². The van der Waals surface area contributed by atoms with Crippen LogP contribution in [0.4, 0.5) is 0 Å². The molecule has 4 heteroatoms. The summed E-state index contributed by atoms with van der Waals surface area (Å²) in [6.45, 7) is 3.84. The highest BCUT2D eigenvalue weighted by Gasteiger charge is 2.46. The molecule has 2 rings (SSSR count). The maximum atomic E-state index is 12.5. The van der Waals surface area contributed by atoms with Gasteiger partial charge in [0.25, 0.3) is 0 Å². The first kappa shape index (κ1) is 16.9. The number of Topliss-reactive ketones (excluding diaryl/α,β-unsaturated/α-hetero) is 2. The molecule has 0 spiro atoms. The van der Waals surface area contributed by atoms with Crippen LogP contribution >= 0.6 is 15.9 Å². The Kier molecular flexibility index (Phi) is 5.57. The maximum absolute atomic E-state index is 12.5. The van der Waals surface area contributed by atoms with E-state index < -0.39 is 5.41 Å². The largest absolute Gasteiger partial charge is 0.497 e. The van der Waals surface area contributed by atoms with Crippen LogP contribution in [-0.4, -0.2) is 18.7 Å². The smallest absolute Gasteiger partial charge is 0.146 e. The minimum absolute atomic E-state index is 0.0623. The second-order valence-electron chi connectivity index (χ2n) is 5.83. The van der Waals surface area contributed by atoms with Crippen molar-refractivity contribution in [2.24, 2.45) is 5.41 Å². The highest BCUT2D eigenvalue weighted by molar-refractivity contribution is 9.11. The van der Waals surface area contributed by atoms with Gasteiger partial charge in [0.05, 0.1) is 12.5 Å². The number of allylic oxidation sites excluding steroid dienone is 1. The van der Waals surface area contributed by atoms with Crippen LogP contribution < -0.4 is 4.74 Å². The minimum Gasteiger partial charge on any atom is -0.497 e. The van der Waals surface area contributed by atoms with Crippen molar-refractivity contribution in [3.05, 3.63) is 40.9 Å². The van der Waals surface area contributed by atoms with Crippen LogP contribution in [0.3, 0.4) is 0 Å². The van der Waals surface area contributed by atoms with Gasteiger partial charge in [-0.3, -0.25) is 9.59 Å². The Bertz CT molecular complexity index is 576. The Hall–Kier alpha value is -1.42. The highest BCUT2D eigenvalue weighted by Crippen LogP contribution is 2.41. The van der Waals surface area contributed by atoms with E-state index in [4.69, 9.17) is 4.74 Å². The second kappa shape index (κ2) is 7.23. The fourth-order valence-electron chi connectivity index (χ4n) is 3.12. The highest BCUT2D eigenvalue weighted by atomic mass is 79.9. The maximum Gasteiger partial charge on any atom is 0.146 e. The number of carbonyl (C=O) groups excluding carboxylic acids is 2. The van der Waals surface area contributed by atoms with Gasteiger partial charge < -0.3 is 4.74 Å². The van der Waals surface area contributed by atoms with E-state index in [1.807, 2.05) is 24.3 Å². The first-order valence-corrected chi connectivity index (χ1v) is 8.30. The third-order valence-corrected chi connectivity index (χ3v) is 4.62. The summed E-state index contributed by atoms with van der Waals surface area (Å²) in [5.41, 5.74) is 0.173. The van der Waals surface area contributed by atoms with Crippen LogP contribution in [0.5, 0.6) is 5.75 Å². The molecular formula is C18H21BrO3.